The first-order valence-electron chi connectivity index (χ1n) is 7.99. The molecule has 2 rings (SSSR count). The normalized spacial score (nSPS) is 11.2. The van der Waals surface area contributed by atoms with Crippen molar-refractivity contribution in [3.05, 3.63) is 48.0 Å². The van der Waals surface area contributed by atoms with Gasteiger partial charge in [0.05, 0.1) is 19.1 Å². The summed E-state index contributed by atoms with van der Waals surface area (Å²) in [5, 5.41) is 9.78. The van der Waals surface area contributed by atoms with Gasteiger partial charge in [0.15, 0.2) is 0 Å². The number of amides is 3. The largest absolute Gasteiger partial charge is 0.347 e. The van der Waals surface area contributed by atoms with E-state index in [2.05, 4.69) is 16.0 Å². The van der Waals surface area contributed by atoms with Gasteiger partial charge in [0.1, 0.15) is 0 Å². The fourth-order valence-electron chi connectivity index (χ4n) is 2.39. The van der Waals surface area contributed by atoms with Crippen LogP contribution in [-0.2, 0) is 14.4 Å². The third-order valence-corrected chi connectivity index (χ3v) is 3.69. The Morgan fingerprint density at radius 2 is 1.62 bits per heavy atom. The summed E-state index contributed by atoms with van der Waals surface area (Å²) in [6, 6.07) is 13.5. The highest BCUT2D eigenvalue weighted by Crippen LogP contribution is 2.19. The van der Waals surface area contributed by atoms with Crippen molar-refractivity contribution in [2.45, 2.75) is 13.0 Å². The predicted octanol–water partition coefficient (Wildman–Crippen LogP) is 0.630. The van der Waals surface area contributed by atoms with Gasteiger partial charge in [0.25, 0.3) is 0 Å². The molecule has 0 aliphatic rings. The van der Waals surface area contributed by atoms with Crippen LogP contribution in [0, 0.1) is 0 Å². The third-order valence-electron chi connectivity index (χ3n) is 3.69. The first kappa shape index (κ1) is 21.4. The first-order valence-corrected chi connectivity index (χ1v) is 7.99. The van der Waals surface area contributed by atoms with Crippen LogP contribution in [0.5, 0.6) is 0 Å². The highest BCUT2D eigenvalue weighted by Gasteiger charge is 2.14. The van der Waals surface area contributed by atoms with Crippen LogP contribution in [0.3, 0.4) is 0 Å². The van der Waals surface area contributed by atoms with Crippen LogP contribution in [-0.4, -0.2) is 37.4 Å². The number of carbonyl (C=O) groups excluding carboxylic acids is 3. The van der Waals surface area contributed by atoms with Gasteiger partial charge in [-0.3, -0.25) is 14.4 Å². The number of halogens is 1. The Morgan fingerprint density at radius 3 is 2.27 bits per heavy atom. The van der Waals surface area contributed by atoms with Crippen molar-refractivity contribution in [2.24, 2.45) is 5.73 Å². The summed E-state index contributed by atoms with van der Waals surface area (Å²) in [6.07, 6.45) is 0. The molecule has 0 aromatic heterocycles. The molecule has 0 heterocycles. The molecule has 1 unspecified atom stereocenters. The summed E-state index contributed by atoms with van der Waals surface area (Å²) in [5.74, 6) is -1.08. The molecule has 0 spiro atoms. The van der Waals surface area contributed by atoms with Gasteiger partial charge in [-0.05, 0) is 22.4 Å². The highest BCUT2D eigenvalue weighted by molar-refractivity contribution is 5.88. The molecule has 0 aliphatic carbocycles. The van der Waals surface area contributed by atoms with Crippen LogP contribution in [0.2, 0.25) is 0 Å². The van der Waals surface area contributed by atoms with E-state index in [0.29, 0.717) is 0 Å². The molecule has 26 heavy (non-hydrogen) atoms. The van der Waals surface area contributed by atoms with E-state index in [-0.39, 0.29) is 49.9 Å². The van der Waals surface area contributed by atoms with E-state index in [4.69, 9.17) is 5.73 Å². The zero-order chi connectivity index (χ0) is 18.2. The molecule has 2 aromatic rings. The van der Waals surface area contributed by atoms with E-state index in [0.717, 1.165) is 16.3 Å². The summed E-state index contributed by atoms with van der Waals surface area (Å²) < 4.78 is 0. The number of benzene rings is 2. The summed E-state index contributed by atoms with van der Waals surface area (Å²) >= 11 is 0. The molecular weight excluding hydrogens is 356 g/mol. The number of rotatable bonds is 7. The Morgan fingerprint density at radius 1 is 0.962 bits per heavy atom. The van der Waals surface area contributed by atoms with Crippen molar-refractivity contribution < 1.29 is 14.4 Å². The van der Waals surface area contributed by atoms with Crippen LogP contribution in [0.15, 0.2) is 42.5 Å². The van der Waals surface area contributed by atoms with Crippen LogP contribution < -0.4 is 21.7 Å². The fourth-order valence-corrected chi connectivity index (χ4v) is 2.39. The lowest BCUT2D eigenvalue weighted by atomic mass is 10.0. The van der Waals surface area contributed by atoms with Crippen LogP contribution in [0.4, 0.5) is 0 Å². The zero-order valence-corrected chi connectivity index (χ0v) is 15.3. The number of nitrogens with one attached hydrogen (secondary N) is 3. The maximum Gasteiger partial charge on any atom is 0.239 e. The van der Waals surface area contributed by atoms with Crippen molar-refractivity contribution in [1.82, 2.24) is 16.0 Å². The number of nitrogens with two attached hydrogens (primary N) is 1. The van der Waals surface area contributed by atoms with Gasteiger partial charge in [-0.1, -0.05) is 36.4 Å². The van der Waals surface area contributed by atoms with Crippen LogP contribution in [0.25, 0.3) is 10.8 Å². The van der Waals surface area contributed by atoms with Crippen molar-refractivity contribution in [2.75, 3.05) is 19.6 Å². The molecule has 0 saturated heterocycles. The van der Waals surface area contributed by atoms with E-state index >= 15 is 0 Å². The minimum absolute atomic E-state index is 0. The Labute approximate surface area is 158 Å². The number of carbonyl (C=O) groups is 3. The third kappa shape index (κ3) is 6.34. The Kier molecular flexibility index (Phi) is 8.54. The molecule has 0 radical (unpaired) electrons. The predicted molar refractivity (Wildman–Crippen MR) is 103 cm³/mol. The average molecular weight is 379 g/mol. The highest BCUT2D eigenvalue weighted by atomic mass is 35.5. The minimum Gasteiger partial charge on any atom is -0.347 e. The molecule has 8 heteroatoms. The molecule has 5 N–H and O–H groups in total. The van der Waals surface area contributed by atoms with Crippen molar-refractivity contribution in [1.29, 1.82) is 0 Å². The van der Waals surface area contributed by atoms with Crippen molar-refractivity contribution in [3.8, 4) is 0 Å². The van der Waals surface area contributed by atoms with Gasteiger partial charge in [-0.15, -0.1) is 12.4 Å². The molecule has 0 bridgehead atoms. The van der Waals surface area contributed by atoms with E-state index in [1.807, 2.05) is 42.5 Å². The number of hydrogen-bond acceptors (Lipinski definition) is 4. The number of fused-ring (bicyclic) bond motifs is 1. The second-order valence-corrected chi connectivity index (χ2v) is 5.65. The Balaban J connectivity index is 0.00000338. The van der Waals surface area contributed by atoms with E-state index < -0.39 is 5.91 Å². The molecule has 1 atom stereocenters. The summed E-state index contributed by atoms with van der Waals surface area (Å²) in [5.41, 5.74) is 6.69. The fraction of sp³-hybridized carbons (Fsp3) is 0.278. The maximum atomic E-state index is 12.0. The van der Waals surface area contributed by atoms with E-state index in [9.17, 15) is 14.4 Å². The second kappa shape index (κ2) is 10.4. The molecule has 0 aliphatic heterocycles. The number of hydrogen-bond donors (Lipinski definition) is 4. The Hall–Kier alpha value is -2.64. The standard InChI is InChI=1S/C18H22N4O3.ClH/c1-12(23)20-10-17(24)21-11-18(25)22-16(9-19)15-7-6-13-4-2-3-5-14(13)8-15;/h2-8,16H,9-11,19H2,1H3,(H,20,23)(H,21,24)(H,22,25);1H. The van der Waals surface area contributed by atoms with E-state index in [1.165, 1.54) is 6.92 Å². The quantitative estimate of drug-likeness (QED) is 0.565. The topological polar surface area (TPSA) is 113 Å². The maximum absolute atomic E-state index is 12.0. The van der Waals surface area contributed by atoms with Crippen molar-refractivity contribution in [3.63, 3.8) is 0 Å². The van der Waals surface area contributed by atoms with Gasteiger partial charge in [-0.25, -0.2) is 0 Å². The molecule has 7 nitrogen and oxygen atoms in total. The monoisotopic (exact) mass is 378 g/mol. The molecule has 140 valence electrons. The lowest BCUT2D eigenvalue weighted by Gasteiger charge is -2.18. The molecule has 2 aromatic carbocycles. The van der Waals surface area contributed by atoms with Gasteiger partial charge in [-0.2, -0.15) is 0 Å². The van der Waals surface area contributed by atoms with Gasteiger partial charge in [0, 0.05) is 13.5 Å². The summed E-state index contributed by atoms with van der Waals surface area (Å²) in [4.78, 5) is 34.3. The summed E-state index contributed by atoms with van der Waals surface area (Å²) in [7, 11) is 0. The Bertz CT molecular complexity index is 782. The van der Waals surface area contributed by atoms with Crippen molar-refractivity contribution >= 4 is 40.9 Å². The molecular formula is C18H23ClN4O3. The zero-order valence-electron chi connectivity index (χ0n) is 14.5. The molecule has 0 fully saturated rings. The van der Waals surface area contributed by atoms with Gasteiger partial charge in [0.2, 0.25) is 17.7 Å². The first-order chi connectivity index (χ1) is 12.0. The molecule has 3 amide bonds. The van der Waals surface area contributed by atoms with Crippen LogP contribution in [0.1, 0.15) is 18.5 Å². The minimum atomic E-state index is -0.430. The lowest BCUT2D eigenvalue weighted by molar-refractivity contribution is -0.127. The van der Waals surface area contributed by atoms with Gasteiger partial charge < -0.3 is 21.7 Å². The summed E-state index contributed by atoms with van der Waals surface area (Å²) in [6.45, 7) is 1.22. The smallest absolute Gasteiger partial charge is 0.239 e. The van der Waals surface area contributed by atoms with Crippen LogP contribution >= 0.6 is 12.4 Å². The van der Waals surface area contributed by atoms with Gasteiger partial charge >= 0.3 is 0 Å². The van der Waals surface area contributed by atoms with E-state index in [1.54, 1.807) is 0 Å². The average Bonchev–Trinajstić information content (AvgIpc) is 2.62. The second-order valence-electron chi connectivity index (χ2n) is 5.65. The lowest BCUT2D eigenvalue weighted by Crippen LogP contribution is -2.43. The SMILES string of the molecule is CC(=O)NCC(=O)NCC(=O)NC(CN)c1ccc2ccccc2c1.Cl. The molecule has 0 saturated carbocycles.